The largest absolute Gasteiger partial charge is 0.461 e. The van der Waals surface area contributed by atoms with Crippen molar-refractivity contribution in [2.75, 3.05) is 6.61 Å². The number of aryl methyl sites for hydroxylation is 1. The van der Waals surface area contributed by atoms with Crippen LogP contribution in [0.25, 0.3) is 10.1 Å². The van der Waals surface area contributed by atoms with Crippen LogP contribution in [-0.4, -0.2) is 17.6 Å². The maximum Gasteiger partial charge on any atom is 0.357 e. The van der Waals surface area contributed by atoms with Crippen LogP contribution in [0.5, 0.6) is 0 Å². The third-order valence-electron chi connectivity index (χ3n) is 2.08. The second-order valence-electron chi connectivity index (χ2n) is 3.30. The molecular formula is C11H10ClNO2S. The topological polar surface area (TPSA) is 39.2 Å². The number of pyridine rings is 1. The van der Waals surface area contributed by atoms with Crippen molar-refractivity contribution in [3.8, 4) is 0 Å². The molecule has 0 aliphatic heterocycles. The fraction of sp³-hybridized carbons (Fsp3) is 0.273. The van der Waals surface area contributed by atoms with Crippen molar-refractivity contribution >= 4 is 39.0 Å². The number of hydrogen-bond acceptors (Lipinski definition) is 4. The molecule has 84 valence electrons. The van der Waals surface area contributed by atoms with Crippen LogP contribution in [0.15, 0.2) is 12.1 Å². The number of rotatable bonds is 2. The number of hydrogen-bond donors (Lipinski definition) is 0. The number of carbonyl (C=O) groups is 1. The molecule has 0 N–H and O–H groups in total. The van der Waals surface area contributed by atoms with E-state index in [0.29, 0.717) is 16.6 Å². The van der Waals surface area contributed by atoms with E-state index in [0.717, 1.165) is 15.8 Å². The molecule has 0 aliphatic carbocycles. The van der Waals surface area contributed by atoms with Gasteiger partial charge in [0, 0.05) is 15.8 Å². The van der Waals surface area contributed by atoms with Gasteiger partial charge in [-0.2, -0.15) is 0 Å². The second-order valence-corrected chi connectivity index (χ2v) is 5.01. The minimum absolute atomic E-state index is 0.341. The highest BCUT2D eigenvalue weighted by atomic mass is 35.5. The fourth-order valence-electron chi connectivity index (χ4n) is 1.48. The van der Waals surface area contributed by atoms with Crippen molar-refractivity contribution in [2.24, 2.45) is 0 Å². The number of carbonyl (C=O) groups excluding carboxylic acids is 1. The number of fused-ring (bicyclic) bond motifs is 1. The third-order valence-corrected chi connectivity index (χ3v) is 3.29. The molecule has 16 heavy (non-hydrogen) atoms. The highest BCUT2D eigenvalue weighted by Crippen LogP contribution is 2.31. The first-order chi connectivity index (χ1) is 7.61. The predicted molar refractivity (Wildman–Crippen MR) is 65.3 cm³/mol. The third kappa shape index (κ3) is 2.03. The molecule has 0 atom stereocenters. The summed E-state index contributed by atoms with van der Waals surface area (Å²) in [5.74, 6) is -0.398. The van der Waals surface area contributed by atoms with Crippen molar-refractivity contribution in [3.05, 3.63) is 27.9 Å². The summed E-state index contributed by atoms with van der Waals surface area (Å²) >= 11 is 7.36. The predicted octanol–water partition coefficient (Wildman–Crippen LogP) is 3.43. The molecule has 0 unspecified atom stereocenters. The molecule has 0 saturated heterocycles. The molecule has 0 aromatic carbocycles. The summed E-state index contributed by atoms with van der Waals surface area (Å²) in [6.45, 7) is 3.95. The molecule has 0 spiro atoms. The normalized spacial score (nSPS) is 10.7. The van der Waals surface area contributed by atoms with E-state index in [1.807, 2.05) is 13.0 Å². The number of ether oxygens (including phenoxy) is 1. The Morgan fingerprint density at radius 2 is 2.31 bits per heavy atom. The van der Waals surface area contributed by atoms with Gasteiger partial charge in [0.05, 0.1) is 10.9 Å². The average Bonchev–Trinajstić information content (AvgIpc) is 2.57. The lowest BCUT2D eigenvalue weighted by Gasteiger charge is -2.03. The first-order valence-corrected chi connectivity index (χ1v) is 6.05. The second kappa shape index (κ2) is 4.39. The van der Waals surface area contributed by atoms with Gasteiger partial charge in [0.1, 0.15) is 0 Å². The molecule has 0 saturated carbocycles. The van der Waals surface area contributed by atoms with E-state index in [4.69, 9.17) is 16.3 Å². The van der Waals surface area contributed by atoms with Gasteiger partial charge in [-0.1, -0.05) is 11.6 Å². The molecule has 2 aromatic heterocycles. The summed E-state index contributed by atoms with van der Waals surface area (Å²) in [5.41, 5.74) is 1.13. The Hall–Kier alpha value is -1.13. The minimum Gasteiger partial charge on any atom is -0.461 e. The Kier molecular flexibility index (Phi) is 3.12. The van der Waals surface area contributed by atoms with Crippen LogP contribution < -0.4 is 0 Å². The van der Waals surface area contributed by atoms with E-state index in [1.54, 1.807) is 13.0 Å². The van der Waals surface area contributed by atoms with E-state index in [9.17, 15) is 4.79 Å². The van der Waals surface area contributed by atoms with Crippen LogP contribution in [0.1, 0.15) is 23.1 Å². The maximum absolute atomic E-state index is 11.7. The Balaban J connectivity index is 2.62. The van der Waals surface area contributed by atoms with Crippen molar-refractivity contribution in [1.82, 2.24) is 4.98 Å². The van der Waals surface area contributed by atoms with Crippen LogP contribution in [-0.2, 0) is 4.74 Å². The van der Waals surface area contributed by atoms with E-state index >= 15 is 0 Å². The Labute approximate surface area is 102 Å². The van der Waals surface area contributed by atoms with Crippen LogP contribution in [0, 0.1) is 6.92 Å². The van der Waals surface area contributed by atoms with Gasteiger partial charge in [0.25, 0.3) is 0 Å². The van der Waals surface area contributed by atoms with Gasteiger partial charge in [-0.05, 0) is 26.0 Å². The molecule has 2 heterocycles. The minimum atomic E-state index is -0.398. The lowest BCUT2D eigenvalue weighted by atomic mass is 10.2. The van der Waals surface area contributed by atoms with Gasteiger partial charge < -0.3 is 4.74 Å². The molecule has 0 bridgehead atoms. The lowest BCUT2D eigenvalue weighted by molar-refractivity contribution is 0.0522. The van der Waals surface area contributed by atoms with Gasteiger partial charge in [-0.25, -0.2) is 9.78 Å². The monoisotopic (exact) mass is 255 g/mol. The van der Waals surface area contributed by atoms with Crippen LogP contribution >= 0.6 is 22.9 Å². The quantitative estimate of drug-likeness (QED) is 0.772. The molecule has 5 heteroatoms. The Bertz CT molecular complexity index is 550. The first-order valence-electron chi connectivity index (χ1n) is 4.85. The standard InChI is InChI=1S/C11H10ClNO2S/c1-3-15-11(14)10-7-5-9(12)16-8(7)4-6(2)13-10/h4-5H,3H2,1-2H3. The highest BCUT2D eigenvalue weighted by molar-refractivity contribution is 7.22. The number of aromatic nitrogens is 1. The molecule has 0 radical (unpaired) electrons. The van der Waals surface area contributed by atoms with Crippen molar-refractivity contribution in [1.29, 1.82) is 0 Å². The molecule has 0 amide bonds. The lowest BCUT2D eigenvalue weighted by Crippen LogP contribution is -2.08. The highest BCUT2D eigenvalue weighted by Gasteiger charge is 2.15. The molecule has 0 fully saturated rings. The fourth-order valence-corrected chi connectivity index (χ4v) is 2.72. The van der Waals surface area contributed by atoms with E-state index < -0.39 is 5.97 Å². The van der Waals surface area contributed by atoms with E-state index in [1.165, 1.54) is 11.3 Å². The Morgan fingerprint density at radius 1 is 1.56 bits per heavy atom. The van der Waals surface area contributed by atoms with Crippen LogP contribution in [0.3, 0.4) is 0 Å². The van der Waals surface area contributed by atoms with Gasteiger partial charge in [0.15, 0.2) is 5.69 Å². The number of halogens is 1. The van der Waals surface area contributed by atoms with Crippen LogP contribution in [0.2, 0.25) is 4.34 Å². The van der Waals surface area contributed by atoms with E-state index in [-0.39, 0.29) is 0 Å². The zero-order valence-corrected chi connectivity index (χ0v) is 10.5. The number of thiophene rings is 1. The summed E-state index contributed by atoms with van der Waals surface area (Å²) in [4.78, 5) is 15.9. The molecule has 3 nitrogen and oxygen atoms in total. The summed E-state index contributed by atoms with van der Waals surface area (Å²) in [5, 5.41) is 0.763. The number of esters is 1. The smallest absolute Gasteiger partial charge is 0.357 e. The van der Waals surface area contributed by atoms with Gasteiger partial charge in [-0.3, -0.25) is 0 Å². The first kappa shape index (κ1) is 11.4. The van der Waals surface area contributed by atoms with Gasteiger partial charge in [0.2, 0.25) is 0 Å². The average molecular weight is 256 g/mol. The van der Waals surface area contributed by atoms with Crippen molar-refractivity contribution in [2.45, 2.75) is 13.8 Å². The zero-order chi connectivity index (χ0) is 11.7. The maximum atomic E-state index is 11.7. The molecule has 0 aliphatic rings. The SMILES string of the molecule is CCOC(=O)c1nc(C)cc2sc(Cl)cc12. The van der Waals surface area contributed by atoms with Gasteiger partial charge in [-0.15, -0.1) is 11.3 Å². The summed E-state index contributed by atoms with van der Waals surface area (Å²) in [6.07, 6.45) is 0. The van der Waals surface area contributed by atoms with Gasteiger partial charge >= 0.3 is 5.97 Å². The Morgan fingerprint density at radius 3 is 3.00 bits per heavy atom. The summed E-state index contributed by atoms with van der Waals surface area (Å²) < 4.78 is 6.57. The summed E-state index contributed by atoms with van der Waals surface area (Å²) in [7, 11) is 0. The van der Waals surface area contributed by atoms with Crippen molar-refractivity contribution in [3.63, 3.8) is 0 Å². The molecular weight excluding hydrogens is 246 g/mol. The summed E-state index contributed by atoms with van der Waals surface area (Å²) in [6, 6.07) is 3.66. The van der Waals surface area contributed by atoms with E-state index in [2.05, 4.69) is 4.98 Å². The van der Waals surface area contributed by atoms with Crippen LogP contribution in [0.4, 0.5) is 0 Å². The molecule has 2 rings (SSSR count). The number of nitrogens with zero attached hydrogens (tertiary/aromatic N) is 1. The zero-order valence-electron chi connectivity index (χ0n) is 8.91. The van der Waals surface area contributed by atoms with Crippen molar-refractivity contribution < 1.29 is 9.53 Å². The molecule has 2 aromatic rings.